The van der Waals surface area contributed by atoms with Gasteiger partial charge in [0, 0.05) is 12.6 Å². The van der Waals surface area contributed by atoms with E-state index in [0.717, 1.165) is 12.8 Å². The number of rotatable bonds is 5. The Hall–Kier alpha value is -0.330. The molecule has 7 heteroatoms. The number of halogens is 2. The molecular formula is C11H14Cl2N2O2S. The van der Waals surface area contributed by atoms with Crippen molar-refractivity contribution in [3.63, 3.8) is 0 Å². The van der Waals surface area contributed by atoms with E-state index in [1.807, 2.05) is 0 Å². The molecule has 0 radical (unpaired) electrons. The summed E-state index contributed by atoms with van der Waals surface area (Å²) in [5, 5.41) is 0.213. The molecule has 1 aromatic rings. The third-order valence-corrected chi connectivity index (χ3v) is 5.30. The first-order valence-electron chi connectivity index (χ1n) is 5.61. The maximum absolute atomic E-state index is 12.1. The average Bonchev–Trinajstić information content (AvgIpc) is 3.09. The Morgan fingerprint density at radius 3 is 2.39 bits per heavy atom. The zero-order chi connectivity index (χ0) is 13.3. The molecule has 0 aromatic heterocycles. The largest absolute Gasteiger partial charge is 0.326 e. The predicted molar refractivity (Wildman–Crippen MR) is 72.3 cm³/mol. The van der Waals surface area contributed by atoms with Gasteiger partial charge in [0.1, 0.15) is 4.90 Å². The lowest BCUT2D eigenvalue weighted by Crippen LogP contribution is -2.38. The van der Waals surface area contributed by atoms with Crippen LogP contribution in [0.25, 0.3) is 0 Å². The van der Waals surface area contributed by atoms with Gasteiger partial charge in [0.05, 0.1) is 10.0 Å². The molecule has 4 nitrogen and oxygen atoms in total. The maximum atomic E-state index is 12.1. The van der Waals surface area contributed by atoms with Crippen molar-refractivity contribution in [3.05, 3.63) is 28.2 Å². The highest BCUT2D eigenvalue weighted by Crippen LogP contribution is 2.32. The van der Waals surface area contributed by atoms with Crippen LogP contribution in [0.1, 0.15) is 12.8 Å². The van der Waals surface area contributed by atoms with Crippen LogP contribution >= 0.6 is 23.2 Å². The molecule has 0 bridgehead atoms. The van der Waals surface area contributed by atoms with Crippen LogP contribution in [-0.4, -0.2) is 21.0 Å². The van der Waals surface area contributed by atoms with Gasteiger partial charge in [-0.25, -0.2) is 13.1 Å². The van der Waals surface area contributed by atoms with Crippen LogP contribution in [0.5, 0.6) is 0 Å². The van der Waals surface area contributed by atoms with Gasteiger partial charge < -0.3 is 5.73 Å². The molecule has 3 N–H and O–H groups in total. The maximum Gasteiger partial charge on any atom is 0.243 e. The van der Waals surface area contributed by atoms with Crippen molar-refractivity contribution in [1.82, 2.24) is 4.72 Å². The molecule has 2 rings (SSSR count). The third-order valence-electron chi connectivity index (χ3n) is 2.92. The second-order valence-electron chi connectivity index (χ2n) is 4.40. The van der Waals surface area contributed by atoms with Crippen LogP contribution in [-0.2, 0) is 10.0 Å². The van der Waals surface area contributed by atoms with Gasteiger partial charge in [-0.2, -0.15) is 0 Å². The summed E-state index contributed by atoms with van der Waals surface area (Å²) in [7, 11) is -3.72. The molecule has 1 fully saturated rings. The molecule has 1 saturated carbocycles. The summed E-state index contributed by atoms with van der Waals surface area (Å²) >= 11 is 11.7. The van der Waals surface area contributed by atoms with Crippen molar-refractivity contribution in [2.24, 2.45) is 11.7 Å². The molecule has 18 heavy (non-hydrogen) atoms. The molecule has 0 heterocycles. The number of benzene rings is 1. The van der Waals surface area contributed by atoms with Gasteiger partial charge in [-0.15, -0.1) is 0 Å². The Kier molecular flexibility index (Phi) is 4.18. The minimum Gasteiger partial charge on any atom is -0.326 e. The molecule has 0 amide bonds. The second kappa shape index (κ2) is 5.35. The van der Waals surface area contributed by atoms with Gasteiger partial charge >= 0.3 is 0 Å². The first-order valence-corrected chi connectivity index (χ1v) is 7.85. The minimum absolute atomic E-state index is 0.0867. The van der Waals surface area contributed by atoms with Crippen LogP contribution in [0.3, 0.4) is 0 Å². The molecule has 1 aliphatic carbocycles. The summed E-state index contributed by atoms with van der Waals surface area (Å²) in [4.78, 5) is -0.0867. The highest BCUT2D eigenvalue weighted by molar-refractivity contribution is 7.89. The monoisotopic (exact) mass is 308 g/mol. The van der Waals surface area contributed by atoms with Gasteiger partial charge in [0.2, 0.25) is 10.0 Å². The number of nitrogens with two attached hydrogens (primary N) is 1. The first-order chi connectivity index (χ1) is 8.42. The van der Waals surface area contributed by atoms with Crippen LogP contribution in [0.2, 0.25) is 10.0 Å². The van der Waals surface area contributed by atoms with Gasteiger partial charge in [-0.05, 0) is 30.9 Å². The Bertz CT molecular complexity index is 524. The van der Waals surface area contributed by atoms with E-state index in [4.69, 9.17) is 28.9 Å². The van der Waals surface area contributed by atoms with Crippen molar-refractivity contribution >= 4 is 33.2 Å². The van der Waals surface area contributed by atoms with E-state index >= 15 is 0 Å². The Morgan fingerprint density at radius 2 is 1.89 bits per heavy atom. The van der Waals surface area contributed by atoms with Gasteiger partial charge in [0.15, 0.2) is 0 Å². The molecule has 0 aliphatic heterocycles. The van der Waals surface area contributed by atoms with Crippen LogP contribution in [0, 0.1) is 5.92 Å². The predicted octanol–water partition coefficient (Wildman–Crippen LogP) is 2.01. The molecule has 1 atom stereocenters. The average molecular weight is 309 g/mol. The quantitative estimate of drug-likeness (QED) is 0.874. The zero-order valence-electron chi connectivity index (χ0n) is 9.57. The first kappa shape index (κ1) is 14.1. The van der Waals surface area contributed by atoms with E-state index in [1.54, 1.807) is 6.07 Å². The van der Waals surface area contributed by atoms with Crippen molar-refractivity contribution < 1.29 is 8.42 Å². The Balaban J connectivity index is 2.14. The Morgan fingerprint density at radius 1 is 1.33 bits per heavy atom. The number of hydrogen-bond acceptors (Lipinski definition) is 3. The molecule has 100 valence electrons. The van der Waals surface area contributed by atoms with Crippen molar-refractivity contribution in [2.75, 3.05) is 6.54 Å². The van der Waals surface area contributed by atoms with Crippen LogP contribution in [0.4, 0.5) is 0 Å². The number of hydrogen-bond donors (Lipinski definition) is 2. The summed E-state index contributed by atoms with van der Waals surface area (Å²) in [5.41, 5.74) is 5.85. The van der Waals surface area contributed by atoms with Gasteiger partial charge in [0.25, 0.3) is 0 Å². The van der Waals surface area contributed by atoms with Crippen molar-refractivity contribution in [1.29, 1.82) is 0 Å². The number of sulfonamides is 1. The molecule has 0 saturated heterocycles. The normalized spacial score (nSPS) is 17.7. The van der Waals surface area contributed by atoms with Gasteiger partial charge in [-0.3, -0.25) is 0 Å². The van der Waals surface area contributed by atoms with Gasteiger partial charge in [-0.1, -0.05) is 29.3 Å². The molecule has 1 unspecified atom stereocenters. The Labute approximate surface area is 117 Å². The standard InChI is InChI=1S/C11H14Cl2N2O2S/c12-8-2-1-3-9(13)11(8)18(16,17)15-6-10(14)7-4-5-7/h1-3,7,10,15H,4-6,14H2. The second-order valence-corrected chi connectivity index (χ2v) is 6.92. The fourth-order valence-corrected chi connectivity index (χ4v) is 3.92. The number of nitrogens with one attached hydrogen (secondary N) is 1. The van der Waals surface area contributed by atoms with Crippen LogP contribution < -0.4 is 10.5 Å². The van der Waals surface area contributed by atoms with E-state index in [0.29, 0.717) is 5.92 Å². The highest BCUT2D eigenvalue weighted by atomic mass is 35.5. The summed E-state index contributed by atoms with van der Waals surface area (Å²) in [6, 6.07) is 4.42. The third kappa shape index (κ3) is 3.16. The SMILES string of the molecule is NC(CNS(=O)(=O)c1c(Cl)cccc1Cl)C1CC1. The van der Waals surface area contributed by atoms with Crippen molar-refractivity contribution in [3.8, 4) is 0 Å². The summed E-state index contributed by atoms with van der Waals surface area (Å²) in [5.74, 6) is 0.425. The summed E-state index contributed by atoms with van der Waals surface area (Å²) in [6.45, 7) is 0.203. The molecule has 0 spiro atoms. The van der Waals surface area contributed by atoms with E-state index in [-0.39, 0.29) is 27.5 Å². The topological polar surface area (TPSA) is 72.2 Å². The van der Waals surface area contributed by atoms with Crippen molar-refractivity contribution in [2.45, 2.75) is 23.8 Å². The summed E-state index contributed by atoms with van der Waals surface area (Å²) in [6.07, 6.45) is 2.13. The molecule has 1 aliphatic rings. The lowest BCUT2D eigenvalue weighted by Gasteiger charge is -2.13. The van der Waals surface area contributed by atoms with Crippen LogP contribution in [0.15, 0.2) is 23.1 Å². The minimum atomic E-state index is -3.72. The fourth-order valence-electron chi connectivity index (χ4n) is 1.71. The fraction of sp³-hybridized carbons (Fsp3) is 0.455. The lowest BCUT2D eigenvalue weighted by molar-refractivity contribution is 0.548. The zero-order valence-corrected chi connectivity index (χ0v) is 11.9. The lowest BCUT2D eigenvalue weighted by atomic mass is 10.2. The van der Waals surface area contributed by atoms with E-state index in [9.17, 15) is 8.42 Å². The molecular weight excluding hydrogens is 295 g/mol. The van der Waals surface area contributed by atoms with E-state index < -0.39 is 10.0 Å². The smallest absolute Gasteiger partial charge is 0.243 e. The highest BCUT2D eigenvalue weighted by Gasteiger charge is 2.30. The molecule has 1 aromatic carbocycles. The summed E-state index contributed by atoms with van der Waals surface area (Å²) < 4.78 is 26.6. The van der Waals surface area contributed by atoms with E-state index in [2.05, 4.69) is 4.72 Å². The van der Waals surface area contributed by atoms with E-state index in [1.165, 1.54) is 12.1 Å².